The van der Waals surface area contributed by atoms with Crippen LogP contribution in [0.1, 0.15) is 25.5 Å². The van der Waals surface area contributed by atoms with E-state index in [4.69, 9.17) is 0 Å². The molecule has 0 spiro atoms. The van der Waals surface area contributed by atoms with Crippen LogP contribution in [-0.2, 0) is 0 Å². The van der Waals surface area contributed by atoms with Gasteiger partial charge in [-0.1, -0.05) is 6.92 Å². The minimum atomic E-state index is -0.342. The predicted octanol–water partition coefficient (Wildman–Crippen LogP) is 3.31. The van der Waals surface area contributed by atoms with Gasteiger partial charge in [0.15, 0.2) is 0 Å². The molecular weight excluding hydrogens is 345 g/mol. The van der Waals surface area contributed by atoms with Crippen molar-refractivity contribution in [2.24, 2.45) is 5.92 Å². The number of halogens is 1. The van der Waals surface area contributed by atoms with Gasteiger partial charge in [-0.25, -0.2) is 19.0 Å². The molecule has 0 amide bonds. The van der Waals surface area contributed by atoms with Crippen molar-refractivity contribution in [3.8, 4) is 16.9 Å². The van der Waals surface area contributed by atoms with Crippen LogP contribution in [0.3, 0.4) is 0 Å². The summed E-state index contributed by atoms with van der Waals surface area (Å²) in [6, 6.07) is 7.27. The minimum absolute atomic E-state index is 0.217. The van der Waals surface area contributed by atoms with Gasteiger partial charge in [0.1, 0.15) is 5.82 Å². The highest BCUT2D eigenvalue weighted by molar-refractivity contribution is 5.61. The first-order chi connectivity index (χ1) is 13.0. The van der Waals surface area contributed by atoms with Gasteiger partial charge >= 0.3 is 0 Å². The topological polar surface area (TPSA) is 66.8 Å². The van der Waals surface area contributed by atoms with E-state index in [1.54, 1.807) is 18.3 Å². The van der Waals surface area contributed by atoms with Crippen molar-refractivity contribution in [1.82, 2.24) is 19.7 Å². The third-order valence-electron chi connectivity index (χ3n) is 5.13. The van der Waals surface area contributed by atoms with Gasteiger partial charge in [-0.3, -0.25) is 9.89 Å². The van der Waals surface area contributed by atoms with Gasteiger partial charge in [-0.2, -0.15) is 0 Å². The molecular formula is C20H22FN5O. The molecule has 3 aromatic rings. The van der Waals surface area contributed by atoms with Crippen LogP contribution in [0.5, 0.6) is 0 Å². The summed E-state index contributed by atoms with van der Waals surface area (Å²) >= 11 is 0. The summed E-state index contributed by atoms with van der Waals surface area (Å²) in [4.78, 5) is 23.7. The van der Waals surface area contributed by atoms with Crippen molar-refractivity contribution in [2.45, 2.75) is 26.7 Å². The van der Waals surface area contributed by atoms with Gasteiger partial charge in [0.05, 0.1) is 17.1 Å². The van der Waals surface area contributed by atoms with Gasteiger partial charge < -0.3 is 4.90 Å². The molecule has 140 valence electrons. The summed E-state index contributed by atoms with van der Waals surface area (Å²) < 4.78 is 14.5. The second-order valence-corrected chi connectivity index (χ2v) is 7.16. The number of anilines is 1. The Morgan fingerprint density at radius 1 is 1.19 bits per heavy atom. The number of nitrogens with zero attached hydrogens (tertiary/aromatic N) is 4. The van der Waals surface area contributed by atoms with E-state index in [1.165, 1.54) is 22.9 Å². The van der Waals surface area contributed by atoms with E-state index >= 15 is 0 Å². The molecule has 1 fully saturated rings. The molecule has 0 saturated carbocycles. The molecule has 1 aliphatic heterocycles. The summed E-state index contributed by atoms with van der Waals surface area (Å²) in [5.41, 5.74) is 2.59. The van der Waals surface area contributed by atoms with Crippen molar-refractivity contribution in [3.63, 3.8) is 0 Å². The number of rotatable bonds is 3. The first-order valence-corrected chi connectivity index (χ1v) is 9.18. The van der Waals surface area contributed by atoms with Crippen LogP contribution in [0.2, 0.25) is 0 Å². The average Bonchev–Trinajstić information content (AvgIpc) is 3.04. The zero-order valence-corrected chi connectivity index (χ0v) is 15.4. The third-order valence-corrected chi connectivity index (χ3v) is 5.13. The molecule has 0 unspecified atom stereocenters. The molecule has 0 bridgehead atoms. The largest absolute Gasteiger partial charge is 0.341 e. The van der Waals surface area contributed by atoms with E-state index in [9.17, 15) is 9.18 Å². The van der Waals surface area contributed by atoms with Crippen LogP contribution in [-0.4, -0.2) is 32.8 Å². The Morgan fingerprint density at radius 3 is 2.56 bits per heavy atom. The molecule has 1 aromatic carbocycles. The molecule has 1 aliphatic rings. The van der Waals surface area contributed by atoms with Gasteiger partial charge in [-0.05, 0) is 49.9 Å². The van der Waals surface area contributed by atoms with Gasteiger partial charge in [0, 0.05) is 30.9 Å². The lowest BCUT2D eigenvalue weighted by atomic mass is 10.00. The number of aryl methyl sites for hydroxylation is 1. The van der Waals surface area contributed by atoms with E-state index in [0.29, 0.717) is 11.4 Å². The van der Waals surface area contributed by atoms with Crippen LogP contribution in [0.25, 0.3) is 16.9 Å². The van der Waals surface area contributed by atoms with Crippen molar-refractivity contribution in [1.29, 1.82) is 0 Å². The molecule has 0 radical (unpaired) electrons. The second kappa shape index (κ2) is 6.98. The van der Waals surface area contributed by atoms with E-state index in [-0.39, 0.29) is 11.4 Å². The molecule has 0 atom stereocenters. The first kappa shape index (κ1) is 17.5. The van der Waals surface area contributed by atoms with Crippen LogP contribution in [0, 0.1) is 18.7 Å². The molecule has 27 heavy (non-hydrogen) atoms. The predicted molar refractivity (Wildman–Crippen MR) is 103 cm³/mol. The van der Waals surface area contributed by atoms with Crippen LogP contribution in [0.15, 0.2) is 41.3 Å². The fourth-order valence-corrected chi connectivity index (χ4v) is 3.40. The lowest BCUT2D eigenvalue weighted by Gasteiger charge is -2.30. The molecule has 4 rings (SSSR count). The average molecular weight is 367 g/mol. The molecule has 2 aromatic heterocycles. The van der Waals surface area contributed by atoms with Crippen LogP contribution >= 0.6 is 0 Å². The maximum atomic E-state index is 13.1. The highest BCUT2D eigenvalue weighted by Gasteiger charge is 2.19. The summed E-state index contributed by atoms with van der Waals surface area (Å²) in [5.74, 6) is 1.15. The number of piperidine rings is 1. The van der Waals surface area contributed by atoms with Crippen molar-refractivity contribution < 1.29 is 4.39 Å². The van der Waals surface area contributed by atoms with Gasteiger partial charge in [0.2, 0.25) is 5.95 Å². The van der Waals surface area contributed by atoms with Crippen molar-refractivity contribution in [2.75, 3.05) is 18.0 Å². The minimum Gasteiger partial charge on any atom is -0.341 e. The SMILES string of the molecule is Cc1nc(N2CCC(C)CC2)ncc1-c1cc(=O)n(-c2ccc(F)cc2)[nH]1. The molecule has 3 heterocycles. The summed E-state index contributed by atoms with van der Waals surface area (Å²) in [6.07, 6.45) is 4.06. The highest BCUT2D eigenvalue weighted by atomic mass is 19.1. The number of nitrogens with one attached hydrogen (secondary N) is 1. The Labute approximate surface area is 156 Å². The molecule has 0 aliphatic carbocycles. The fourth-order valence-electron chi connectivity index (χ4n) is 3.40. The molecule has 6 nitrogen and oxygen atoms in total. The van der Waals surface area contributed by atoms with Crippen LogP contribution < -0.4 is 10.5 Å². The van der Waals surface area contributed by atoms with E-state index < -0.39 is 0 Å². The number of hydrogen-bond donors (Lipinski definition) is 1. The Kier molecular flexibility index (Phi) is 4.51. The van der Waals surface area contributed by atoms with Crippen molar-refractivity contribution in [3.05, 3.63) is 58.4 Å². The number of aromatic nitrogens is 4. The van der Waals surface area contributed by atoms with Gasteiger partial charge in [0.25, 0.3) is 5.56 Å². The number of aromatic amines is 1. The van der Waals surface area contributed by atoms with Crippen molar-refractivity contribution >= 4 is 5.95 Å². The quantitative estimate of drug-likeness (QED) is 0.771. The van der Waals surface area contributed by atoms with E-state index in [0.717, 1.165) is 49.1 Å². The molecule has 1 saturated heterocycles. The fraction of sp³-hybridized carbons (Fsp3) is 0.350. The van der Waals surface area contributed by atoms with Gasteiger partial charge in [-0.15, -0.1) is 0 Å². The normalized spacial score (nSPS) is 15.3. The summed E-state index contributed by atoms with van der Waals surface area (Å²) in [6.45, 7) is 6.13. The molecule has 1 N–H and O–H groups in total. The lowest BCUT2D eigenvalue weighted by molar-refractivity contribution is 0.434. The first-order valence-electron chi connectivity index (χ1n) is 9.18. The third kappa shape index (κ3) is 3.49. The smallest absolute Gasteiger partial charge is 0.271 e. The number of benzene rings is 1. The van der Waals surface area contributed by atoms with E-state index in [2.05, 4.69) is 26.9 Å². The Balaban J connectivity index is 1.63. The van der Waals surface area contributed by atoms with Crippen LogP contribution in [0.4, 0.5) is 10.3 Å². The molecule has 7 heteroatoms. The standard InChI is InChI=1S/C20H22FN5O/c1-13-7-9-25(10-8-13)20-22-12-17(14(2)23-20)18-11-19(27)26(24-18)16-5-3-15(21)4-6-16/h3-6,11-13,24H,7-10H2,1-2H3. The highest BCUT2D eigenvalue weighted by Crippen LogP contribution is 2.24. The Bertz CT molecular complexity index is 1000. The zero-order valence-electron chi connectivity index (χ0n) is 15.4. The maximum absolute atomic E-state index is 13.1. The second-order valence-electron chi connectivity index (χ2n) is 7.16. The number of hydrogen-bond acceptors (Lipinski definition) is 4. The summed E-state index contributed by atoms with van der Waals surface area (Å²) in [5, 5.41) is 3.07. The Morgan fingerprint density at radius 2 is 1.89 bits per heavy atom. The Hall–Kier alpha value is -2.96. The lowest BCUT2D eigenvalue weighted by Crippen LogP contribution is -2.34. The zero-order chi connectivity index (χ0) is 19.0. The maximum Gasteiger partial charge on any atom is 0.271 e. The summed E-state index contributed by atoms with van der Waals surface area (Å²) in [7, 11) is 0. The number of H-pyrrole nitrogens is 1. The monoisotopic (exact) mass is 367 g/mol. The van der Waals surface area contributed by atoms with E-state index in [1.807, 2.05) is 6.92 Å².